The molecular formula is C12H15ClN4O2S. The molecule has 0 unspecified atom stereocenters. The summed E-state index contributed by atoms with van der Waals surface area (Å²) in [5.41, 5.74) is 0.472. The number of rotatable bonds is 3. The molecule has 0 spiro atoms. The molecule has 0 amide bonds. The first-order valence-electron chi connectivity index (χ1n) is 5.98. The van der Waals surface area contributed by atoms with Crippen LogP contribution in [0, 0.1) is 0 Å². The third-order valence-corrected chi connectivity index (χ3v) is 3.82. The Balaban J connectivity index is 2.53. The van der Waals surface area contributed by atoms with E-state index in [9.17, 15) is 8.42 Å². The summed E-state index contributed by atoms with van der Waals surface area (Å²) in [5, 5.41) is 7.47. The highest BCUT2D eigenvalue weighted by Gasteiger charge is 2.29. The minimum absolute atomic E-state index is 0.226. The van der Waals surface area contributed by atoms with Gasteiger partial charge in [-0.1, -0.05) is 0 Å². The molecule has 0 saturated carbocycles. The van der Waals surface area contributed by atoms with Gasteiger partial charge in [0.1, 0.15) is 5.82 Å². The molecule has 0 aromatic carbocycles. The molecule has 0 N–H and O–H groups in total. The molecular weight excluding hydrogens is 300 g/mol. The fraction of sp³-hybridized carbons (Fsp3) is 0.417. The van der Waals surface area contributed by atoms with Crippen LogP contribution in [-0.2, 0) is 21.0 Å². The molecule has 0 atom stereocenters. The maximum absolute atomic E-state index is 11.6. The molecule has 2 aromatic rings. The summed E-state index contributed by atoms with van der Waals surface area (Å²) in [5.74, 6) is 0.544. The second-order valence-electron chi connectivity index (χ2n) is 5.38. The maximum Gasteiger partial charge on any atom is 0.296 e. The van der Waals surface area contributed by atoms with Gasteiger partial charge in [-0.25, -0.2) is 8.42 Å². The first-order chi connectivity index (χ1) is 9.19. The van der Waals surface area contributed by atoms with Crippen molar-refractivity contribution in [3.8, 4) is 0 Å². The number of hydrogen-bond acceptors (Lipinski definition) is 5. The van der Waals surface area contributed by atoms with Crippen molar-refractivity contribution < 1.29 is 8.42 Å². The van der Waals surface area contributed by atoms with Crippen molar-refractivity contribution in [2.45, 2.75) is 37.9 Å². The lowest BCUT2D eigenvalue weighted by molar-refractivity contribution is 0.352. The van der Waals surface area contributed by atoms with Crippen LogP contribution >= 0.6 is 10.7 Å². The molecule has 2 aromatic heterocycles. The van der Waals surface area contributed by atoms with Crippen LogP contribution in [0.1, 0.15) is 32.2 Å². The van der Waals surface area contributed by atoms with Gasteiger partial charge in [-0.3, -0.25) is 9.55 Å². The van der Waals surface area contributed by atoms with Crippen LogP contribution in [0.2, 0.25) is 0 Å². The van der Waals surface area contributed by atoms with Crippen molar-refractivity contribution in [2.24, 2.45) is 0 Å². The second-order valence-corrected chi connectivity index (χ2v) is 7.83. The van der Waals surface area contributed by atoms with Gasteiger partial charge in [0, 0.05) is 35.0 Å². The molecule has 0 fully saturated rings. The Morgan fingerprint density at radius 2 is 1.80 bits per heavy atom. The molecule has 0 aliphatic rings. The van der Waals surface area contributed by atoms with Crippen LogP contribution in [0.25, 0.3) is 0 Å². The number of hydrogen-bond donors (Lipinski definition) is 0. The SMILES string of the molecule is CC(C)(C)n1c(Cc2ccncc2)nnc1S(=O)(=O)Cl. The van der Waals surface area contributed by atoms with E-state index in [1.807, 2.05) is 32.9 Å². The van der Waals surface area contributed by atoms with Gasteiger partial charge in [-0.15, -0.1) is 10.2 Å². The van der Waals surface area contributed by atoms with Crippen molar-refractivity contribution in [1.82, 2.24) is 19.7 Å². The number of nitrogens with zero attached hydrogens (tertiary/aromatic N) is 4. The van der Waals surface area contributed by atoms with Gasteiger partial charge < -0.3 is 0 Å². The lowest BCUT2D eigenvalue weighted by Gasteiger charge is -2.24. The van der Waals surface area contributed by atoms with Crippen molar-refractivity contribution in [3.05, 3.63) is 35.9 Å². The van der Waals surface area contributed by atoms with Crippen LogP contribution in [0.15, 0.2) is 29.7 Å². The van der Waals surface area contributed by atoms with E-state index in [1.165, 1.54) is 0 Å². The lowest BCUT2D eigenvalue weighted by atomic mass is 10.1. The lowest BCUT2D eigenvalue weighted by Crippen LogP contribution is -2.27. The molecule has 108 valence electrons. The molecule has 0 aliphatic heterocycles. The standard InChI is InChI=1S/C12H15ClN4O2S/c1-12(2,3)17-10(8-9-4-6-14-7-5-9)15-16-11(17)20(13,18)19/h4-7H,8H2,1-3H3. The fourth-order valence-electron chi connectivity index (χ4n) is 1.93. The summed E-state index contributed by atoms with van der Waals surface area (Å²) in [6.07, 6.45) is 3.80. The van der Waals surface area contributed by atoms with E-state index < -0.39 is 14.6 Å². The zero-order valence-corrected chi connectivity index (χ0v) is 13.0. The molecule has 8 heteroatoms. The second kappa shape index (κ2) is 5.14. The molecule has 2 heterocycles. The summed E-state index contributed by atoms with van der Waals surface area (Å²) >= 11 is 0. The predicted molar refractivity (Wildman–Crippen MR) is 75.1 cm³/mol. The van der Waals surface area contributed by atoms with Crippen LogP contribution in [0.3, 0.4) is 0 Å². The molecule has 0 aliphatic carbocycles. The largest absolute Gasteiger partial charge is 0.296 e. The van der Waals surface area contributed by atoms with Crippen LogP contribution in [0.5, 0.6) is 0 Å². The van der Waals surface area contributed by atoms with E-state index >= 15 is 0 Å². The van der Waals surface area contributed by atoms with E-state index in [2.05, 4.69) is 15.2 Å². The third-order valence-electron chi connectivity index (χ3n) is 2.70. The van der Waals surface area contributed by atoms with E-state index in [0.29, 0.717) is 12.2 Å². The van der Waals surface area contributed by atoms with Gasteiger partial charge in [0.25, 0.3) is 14.2 Å². The molecule has 20 heavy (non-hydrogen) atoms. The monoisotopic (exact) mass is 314 g/mol. The smallest absolute Gasteiger partial charge is 0.295 e. The molecule has 6 nitrogen and oxygen atoms in total. The highest BCUT2D eigenvalue weighted by Crippen LogP contribution is 2.24. The topological polar surface area (TPSA) is 77.7 Å². The number of pyridine rings is 1. The minimum Gasteiger partial charge on any atom is -0.295 e. The maximum atomic E-state index is 11.6. The van der Waals surface area contributed by atoms with Crippen LogP contribution in [-0.4, -0.2) is 28.2 Å². The van der Waals surface area contributed by atoms with E-state index in [1.54, 1.807) is 17.0 Å². The zero-order valence-electron chi connectivity index (χ0n) is 11.4. The Labute approximate surface area is 122 Å². The Morgan fingerprint density at radius 1 is 1.20 bits per heavy atom. The quantitative estimate of drug-likeness (QED) is 0.809. The fourth-order valence-corrected chi connectivity index (χ4v) is 2.97. The Morgan fingerprint density at radius 3 is 2.30 bits per heavy atom. The summed E-state index contributed by atoms with van der Waals surface area (Å²) in [6.45, 7) is 5.62. The average Bonchev–Trinajstić information content (AvgIpc) is 2.73. The van der Waals surface area contributed by atoms with E-state index in [4.69, 9.17) is 10.7 Å². The van der Waals surface area contributed by atoms with Crippen molar-refractivity contribution in [1.29, 1.82) is 0 Å². The first kappa shape index (κ1) is 14.9. The molecule has 0 radical (unpaired) electrons. The summed E-state index contributed by atoms with van der Waals surface area (Å²) in [6, 6.07) is 3.69. The average molecular weight is 315 g/mol. The van der Waals surface area contributed by atoms with E-state index in [0.717, 1.165) is 5.56 Å². The number of aromatic nitrogens is 4. The third kappa shape index (κ3) is 3.16. The molecule has 0 bridgehead atoms. The van der Waals surface area contributed by atoms with Crippen molar-refractivity contribution in [3.63, 3.8) is 0 Å². The number of halogens is 1. The Bertz CT molecular complexity index is 705. The zero-order chi connectivity index (χ0) is 15.0. The summed E-state index contributed by atoms with van der Waals surface area (Å²) in [7, 11) is 1.49. The molecule has 0 saturated heterocycles. The summed E-state index contributed by atoms with van der Waals surface area (Å²) < 4.78 is 24.7. The summed E-state index contributed by atoms with van der Waals surface area (Å²) in [4.78, 5) is 3.94. The minimum atomic E-state index is -3.94. The van der Waals surface area contributed by atoms with Gasteiger partial charge in [-0.05, 0) is 38.5 Å². The van der Waals surface area contributed by atoms with Gasteiger partial charge in [0.05, 0.1) is 0 Å². The van der Waals surface area contributed by atoms with Crippen LogP contribution in [0.4, 0.5) is 0 Å². The Hall–Kier alpha value is -1.47. The van der Waals surface area contributed by atoms with Gasteiger partial charge in [-0.2, -0.15) is 0 Å². The van der Waals surface area contributed by atoms with Crippen molar-refractivity contribution >= 4 is 19.7 Å². The highest BCUT2D eigenvalue weighted by molar-refractivity contribution is 8.13. The Kier molecular flexibility index (Phi) is 3.84. The van der Waals surface area contributed by atoms with Gasteiger partial charge >= 0.3 is 0 Å². The van der Waals surface area contributed by atoms with Gasteiger partial charge in [0.15, 0.2) is 0 Å². The molecule has 2 rings (SSSR count). The predicted octanol–water partition coefficient (Wildman–Crippen LogP) is 1.95. The van der Waals surface area contributed by atoms with Crippen LogP contribution < -0.4 is 0 Å². The van der Waals surface area contributed by atoms with Gasteiger partial charge in [0.2, 0.25) is 0 Å². The first-order valence-corrected chi connectivity index (χ1v) is 8.29. The highest BCUT2D eigenvalue weighted by atomic mass is 35.7. The normalized spacial score (nSPS) is 12.6. The van der Waals surface area contributed by atoms with Crippen molar-refractivity contribution in [2.75, 3.05) is 0 Å². The van der Waals surface area contributed by atoms with E-state index in [-0.39, 0.29) is 5.16 Å².